The van der Waals surface area contributed by atoms with Gasteiger partial charge in [-0.15, -0.1) is 11.8 Å². The Hall–Kier alpha value is -1.69. The van der Waals surface area contributed by atoms with Gasteiger partial charge < -0.3 is 11.1 Å². The van der Waals surface area contributed by atoms with Gasteiger partial charge in [0.25, 0.3) is 5.91 Å². The summed E-state index contributed by atoms with van der Waals surface area (Å²) >= 11 is 13.2. The SMILES string of the molecule is NC(=O)c1ccccc1NC(=O)CSCc1ccc(Cl)c(Cl)c1. The highest BCUT2D eigenvalue weighted by Gasteiger charge is 2.10. The molecule has 0 aliphatic heterocycles. The molecular formula is C16H14Cl2N2O2S. The van der Waals surface area contributed by atoms with Crippen LogP contribution in [0.1, 0.15) is 15.9 Å². The van der Waals surface area contributed by atoms with Crippen LogP contribution >= 0.6 is 35.0 Å². The quantitative estimate of drug-likeness (QED) is 0.810. The van der Waals surface area contributed by atoms with Crippen LogP contribution in [0.4, 0.5) is 5.69 Å². The molecule has 0 fully saturated rings. The minimum atomic E-state index is -0.579. The molecule has 0 heterocycles. The van der Waals surface area contributed by atoms with Crippen LogP contribution in [0.3, 0.4) is 0 Å². The van der Waals surface area contributed by atoms with Gasteiger partial charge >= 0.3 is 0 Å². The van der Waals surface area contributed by atoms with E-state index in [0.29, 0.717) is 21.5 Å². The minimum Gasteiger partial charge on any atom is -0.366 e. The first-order chi connectivity index (χ1) is 11.0. The Bertz CT molecular complexity index is 738. The Morgan fingerprint density at radius 2 is 1.83 bits per heavy atom. The van der Waals surface area contributed by atoms with Gasteiger partial charge in [0.15, 0.2) is 0 Å². The molecule has 2 aromatic carbocycles. The number of halogens is 2. The smallest absolute Gasteiger partial charge is 0.250 e. The molecular weight excluding hydrogens is 355 g/mol. The van der Waals surface area contributed by atoms with Gasteiger partial charge in [-0.05, 0) is 29.8 Å². The summed E-state index contributed by atoms with van der Waals surface area (Å²) in [6, 6.07) is 12.0. The molecule has 7 heteroatoms. The van der Waals surface area contributed by atoms with Gasteiger partial charge in [-0.3, -0.25) is 9.59 Å². The Labute approximate surface area is 148 Å². The predicted molar refractivity (Wildman–Crippen MR) is 96.2 cm³/mol. The van der Waals surface area contributed by atoms with E-state index in [2.05, 4.69) is 5.32 Å². The molecule has 2 aromatic rings. The molecule has 0 bridgehead atoms. The standard InChI is InChI=1S/C16H14Cl2N2O2S/c17-12-6-5-10(7-13(12)18)8-23-9-15(21)20-14-4-2-1-3-11(14)16(19)22/h1-7H,8-9H2,(H2,19,22)(H,20,21). The second kappa shape index (κ2) is 8.24. The lowest BCUT2D eigenvalue weighted by Gasteiger charge is -2.09. The summed E-state index contributed by atoms with van der Waals surface area (Å²) in [6.07, 6.45) is 0. The van der Waals surface area contributed by atoms with Crippen LogP contribution in [0.25, 0.3) is 0 Å². The average Bonchev–Trinajstić information content (AvgIpc) is 2.51. The second-order valence-corrected chi connectivity index (χ2v) is 6.50. The lowest BCUT2D eigenvalue weighted by atomic mass is 10.1. The highest BCUT2D eigenvalue weighted by molar-refractivity contribution is 7.99. The zero-order chi connectivity index (χ0) is 16.8. The summed E-state index contributed by atoms with van der Waals surface area (Å²) in [4.78, 5) is 23.3. The summed E-state index contributed by atoms with van der Waals surface area (Å²) in [7, 11) is 0. The number of carbonyl (C=O) groups excluding carboxylic acids is 2. The first-order valence-electron chi connectivity index (χ1n) is 6.67. The fourth-order valence-electron chi connectivity index (χ4n) is 1.88. The first-order valence-corrected chi connectivity index (χ1v) is 8.59. The van der Waals surface area contributed by atoms with E-state index in [1.165, 1.54) is 11.8 Å². The molecule has 0 saturated carbocycles. The summed E-state index contributed by atoms with van der Waals surface area (Å²) in [5.74, 6) is 0.0860. The normalized spacial score (nSPS) is 10.3. The molecule has 0 aliphatic rings. The van der Waals surface area contributed by atoms with Crippen molar-refractivity contribution in [1.82, 2.24) is 0 Å². The highest BCUT2D eigenvalue weighted by Crippen LogP contribution is 2.24. The topological polar surface area (TPSA) is 72.2 Å². The summed E-state index contributed by atoms with van der Waals surface area (Å²) < 4.78 is 0. The summed E-state index contributed by atoms with van der Waals surface area (Å²) in [6.45, 7) is 0. The third kappa shape index (κ3) is 5.16. The van der Waals surface area contributed by atoms with E-state index in [1.54, 1.807) is 36.4 Å². The van der Waals surface area contributed by atoms with Crippen molar-refractivity contribution < 1.29 is 9.59 Å². The number of para-hydroxylation sites is 1. The zero-order valence-electron chi connectivity index (χ0n) is 12.0. The Balaban J connectivity index is 1.88. The highest BCUT2D eigenvalue weighted by atomic mass is 35.5. The van der Waals surface area contributed by atoms with Crippen LogP contribution in [0.2, 0.25) is 10.0 Å². The van der Waals surface area contributed by atoms with E-state index < -0.39 is 5.91 Å². The molecule has 23 heavy (non-hydrogen) atoms. The molecule has 3 N–H and O–H groups in total. The van der Waals surface area contributed by atoms with Crippen molar-refractivity contribution in [2.75, 3.05) is 11.1 Å². The maximum absolute atomic E-state index is 12.0. The molecule has 2 amide bonds. The number of nitrogens with one attached hydrogen (secondary N) is 1. The number of thioether (sulfide) groups is 1. The number of carbonyl (C=O) groups is 2. The maximum atomic E-state index is 12.0. The van der Waals surface area contributed by atoms with Crippen molar-refractivity contribution in [1.29, 1.82) is 0 Å². The van der Waals surface area contributed by atoms with Crippen molar-refractivity contribution in [3.05, 3.63) is 63.6 Å². The molecule has 0 aromatic heterocycles. The van der Waals surface area contributed by atoms with Crippen LogP contribution in [0.15, 0.2) is 42.5 Å². The Morgan fingerprint density at radius 1 is 1.09 bits per heavy atom. The summed E-state index contributed by atoms with van der Waals surface area (Å²) in [5, 5.41) is 3.68. The van der Waals surface area contributed by atoms with Crippen molar-refractivity contribution in [2.45, 2.75) is 5.75 Å². The summed E-state index contributed by atoms with van der Waals surface area (Å²) in [5.41, 5.74) is 6.96. The lowest BCUT2D eigenvalue weighted by molar-refractivity contribution is -0.113. The Kier molecular flexibility index (Phi) is 6.33. The van der Waals surface area contributed by atoms with Gasteiger partial charge in [-0.25, -0.2) is 0 Å². The van der Waals surface area contributed by atoms with E-state index in [0.717, 1.165) is 5.56 Å². The third-order valence-corrected chi connectivity index (χ3v) is 4.70. The fourth-order valence-corrected chi connectivity index (χ4v) is 2.98. The number of nitrogens with two attached hydrogens (primary N) is 1. The molecule has 4 nitrogen and oxygen atoms in total. The van der Waals surface area contributed by atoms with Crippen molar-refractivity contribution in [3.8, 4) is 0 Å². The molecule has 0 aliphatic carbocycles. The molecule has 0 spiro atoms. The van der Waals surface area contributed by atoms with E-state index in [-0.39, 0.29) is 17.2 Å². The first kappa shape index (κ1) is 17.7. The number of primary amides is 1. The molecule has 0 saturated heterocycles. The van der Waals surface area contributed by atoms with Gasteiger partial charge in [-0.1, -0.05) is 41.4 Å². The lowest BCUT2D eigenvalue weighted by Crippen LogP contribution is -2.19. The van der Waals surface area contributed by atoms with Gasteiger partial charge in [0.05, 0.1) is 27.0 Å². The van der Waals surface area contributed by atoms with Crippen LogP contribution in [0, 0.1) is 0 Å². The third-order valence-electron chi connectivity index (χ3n) is 2.95. The molecule has 120 valence electrons. The maximum Gasteiger partial charge on any atom is 0.250 e. The van der Waals surface area contributed by atoms with Crippen molar-refractivity contribution in [2.24, 2.45) is 5.73 Å². The number of rotatable bonds is 6. The average molecular weight is 369 g/mol. The largest absolute Gasteiger partial charge is 0.366 e. The minimum absolute atomic E-state index is 0.205. The van der Waals surface area contributed by atoms with Crippen LogP contribution < -0.4 is 11.1 Å². The van der Waals surface area contributed by atoms with Gasteiger partial charge in [0.2, 0.25) is 5.91 Å². The van der Waals surface area contributed by atoms with Crippen molar-refractivity contribution in [3.63, 3.8) is 0 Å². The number of amides is 2. The van der Waals surface area contributed by atoms with Gasteiger partial charge in [0, 0.05) is 5.75 Å². The molecule has 2 rings (SSSR count). The fraction of sp³-hybridized carbons (Fsp3) is 0.125. The van der Waals surface area contributed by atoms with Crippen LogP contribution in [0.5, 0.6) is 0 Å². The van der Waals surface area contributed by atoms with E-state index in [9.17, 15) is 9.59 Å². The number of hydrogen-bond acceptors (Lipinski definition) is 3. The van der Waals surface area contributed by atoms with E-state index in [4.69, 9.17) is 28.9 Å². The number of hydrogen-bond donors (Lipinski definition) is 2. The van der Waals surface area contributed by atoms with Crippen LogP contribution in [-0.2, 0) is 10.5 Å². The second-order valence-electron chi connectivity index (χ2n) is 4.70. The predicted octanol–water partition coefficient (Wildman–Crippen LogP) is 3.96. The van der Waals surface area contributed by atoms with E-state index >= 15 is 0 Å². The van der Waals surface area contributed by atoms with Crippen molar-refractivity contribution >= 4 is 52.5 Å². The van der Waals surface area contributed by atoms with E-state index in [1.807, 2.05) is 6.07 Å². The monoisotopic (exact) mass is 368 g/mol. The molecule has 0 atom stereocenters. The molecule has 0 radical (unpaired) electrons. The van der Waals surface area contributed by atoms with Gasteiger partial charge in [0.1, 0.15) is 0 Å². The molecule has 0 unspecified atom stereocenters. The Morgan fingerprint density at radius 3 is 2.52 bits per heavy atom. The van der Waals surface area contributed by atoms with Crippen LogP contribution in [-0.4, -0.2) is 17.6 Å². The zero-order valence-corrected chi connectivity index (χ0v) is 14.3. The number of benzene rings is 2. The number of anilines is 1. The van der Waals surface area contributed by atoms with Gasteiger partial charge in [-0.2, -0.15) is 0 Å².